The molecule has 1 aromatic heterocycles. The number of carbonyl (C=O) groups is 1. The first-order valence-electron chi connectivity index (χ1n) is 6.82. The molecule has 7 nitrogen and oxygen atoms in total. The molecule has 0 spiro atoms. The molecule has 2 aliphatic rings. The molecular weight excluding hydrogens is 292 g/mol. The van der Waals surface area contributed by atoms with Gasteiger partial charge in [-0.05, 0) is 19.0 Å². The lowest BCUT2D eigenvalue weighted by Crippen LogP contribution is -2.28. The second kappa shape index (κ2) is 6.50. The van der Waals surface area contributed by atoms with Gasteiger partial charge in [0.1, 0.15) is 12.3 Å². The first-order chi connectivity index (χ1) is 10.2. The Morgan fingerprint density at radius 2 is 2.43 bits per heavy atom. The minimum absolute atomic E-state index is 0.0492. The van der Waals surface area contributed by atoms with Crippen LogP contribution in [-0.2, 0) is 9.53 Å². The second-order valence-electron chi connectivity index (χ2n) is 5.03. The van der Waals surface area contributed by atoms with Gasteiger partial charge in [-0.25, -0.2) is 0 Å². The molecule has 1 fully saturated rings. The summed E-state index contributed by atoms with van der Waals surface area (Å²) in [7, 11) is 2.09. The second-order valence-corrected chi connectivity index (χ2v) is 5.55. The van der Waals surface area contributed by atoms with Crippen molar-refractivity contribution in [3.8, 4) is 5.88 Å². The third kappa shape index (κ3) is 3.39. The summed E-state index contributed by atoms with van der Waals surface area (Å²) in [5.41, 5.74) is 1.97. The zero-order valence-electron chi connectivity index (χ0n) is 11.8. The molecule has 3 heterocycles. The van der Waals surface area contributed by atoms with E-state index in [0.717, 1.165) is 42.5 Å². The zero-order valence-corrected chi connectivity index (χ0v) is 12.6. The topological polar surface area (TPSA) is 67.8 Å². The van der Waals surface area contributed by atoms with E-state index in [-0.39, 0.29) is 12.5 Å². The van der Waals surface area contributed by atoms with Gasteiger partial charge in [0.05, 0.1) is 18.3 Å². The normalized spacial score (nSPS) is 20.0. The van der Waals surface area contributed by atoms with Crippen LogP contribution in [-0.4, -0.2) is 64.3 Å². The van der Waals surface area contributed by atoms with Gasteiger partial charge in [0.25, 0.3) is 5.88 Å². The highest BCUT2D eigenvalue weighted by Gasteiger charge is 2.19. The molecule has 1 saturated heterocycles. The summed E-state index contributed by atoms with van der Waals surface area (Å²) in [4.78, 5) is 15.1. The predicted molar refractivity (Wildman–Crippen MR) is 77.5 cm³/mol. The molecule has 21 heavy (non-hydrogen) atoms. The molecule has 8 heteroatoms. The molecule has 1 aromatic rings. The number of hydrogen-bond donors (Lipinski definition) is 0. The lowest BCUT2D eigenvalue weighted by molar-refractivity contribution is -0.126. The number of hydrogen-bond acceptors (Lipinski definition) is 7. The number of carbonyl (C=O) groups excluding carboxylic acids is 1. The lowest BCUT2D eigenvalue weighted by Gasteiger charge is -2.23. The van der Waals surface area contributed by atoms with Gasteiger partial charge >= 0.3 is 0 Å². The van der Waals surface area contributed by atoms with Gasteiger partial charge < -0.3 is 19.3 Å². The van der Waals surface area contributed by atoms with Crippen LogP contribution in [0.15, 0.2) is 6.08 Å². The number of aromatic nitrogens is 2. The van der Waals surface area contributed by atoms with E-state index in [1.807, 2.05) is 0 Å². The van der Waals surface area contributed by atoms with Crippen LogP contribution in [0.1, 0.15) is 12.1 Å². The van der Waals surface area contributed by atoms with Crippen molar-refractivity contribution in [2.45, 2.75) is 6.42 Å². The molecule has 0 aliphatic carbocycles. The van der Waals surface area contributed by atoms with Crippen molar-refractivity contribution in [1.82, 2.24) is 18.5 Å². The number of likely N-dealkylation sites (N-methyl/N-ethyl adjacent to an activating group) is 1. The van der Waals surface area contributed by atoms with Crippen molar-refractivity contribution < 1.29 is 14.3 Å². The molecule has 0 N–H and O–H groups in total. The van der Waals surface area contributed by atoms with E-state index in [4.69, 9.17) is 9.47 Å². The van der Waals surface area contributed by atoms with E-state index in [0.29, 0.717) is 19.0 Å². The standard InChI is InChI=1S/C13H17N4O3S/c1-16-4-2-3-10(7-16)12-13(15-21-14-12)20-6-5-17-9-19-8-11(17)18/h3,9H,2,4-8H2,1H3/q-1. The van der Waals surface area contributed by atoms with E-state index < -0.39 is 0 Å². The van der Waals surface area contributed by atoms with Gasteiger partial charge in [0.15, 0.2) is 0 Å². The highest BCUT2D eigenvalue weighted by molar-refractivity contribution is 6.99. The molecule has 0 bridgehead atoms. The van der Waals surface area contributed by atoms with E-state index in [1.54, 1.807) is 0 Å². The molecule has 2 aliphatic heterocycles. The Morgan fingerprint density at radius 3 is 3.19 bits per heavy atom. The summed E-state index contributed by atoms with van der Waals surface area (Å²) < 4.78 is 19.2. The molecule has 1 amide bonds. The third-order valence-corrected chi connectivity index (χ3v) is 3.92. The fourth-order valence-electron chi connectivity index (χ4n) is 2.29. The minimum atomic E-state index is -0.0492. The fourth-order valence-corrected chi connectivity index (χ4v) is 2.83. The Morgan fingerprint density at radius 1 is 1.52 bits per heavy atom. The number of amides is 1. The predicted octanol–water partition coefficient (Wildman–Crippen LogP) is 0.614. The zero-order chi connectivity index (χ0) is 14.7. The van der Waals surface area contributed by atoms with E-state index >= 15 is 0 Å². The molecule has 114 valence electrons. The van der Waals surface area contributed by atoms with Crippen molar-refractivity contribution in [2.24, 2.45) is 0 Å². The summed E-state index contributed by atoms with van der Waals surface area (Å²) in [6.45, 7) is 4.29. The Hall–Kier alpha value is -1.51. The smallest absolute Gasteiger partial charge is 0.253 e. The van der Waals surface area contributed by atoms with Crippen LogP contribution < -0.4 is 4.74 Å². The average Bonchev–Trinajstić information content (AvgIpc) is 3.09. The molecule has 0 atom stereocenters. The molecular formula is C13H17N4O3S-. The van der Waals surface area contributed by atoms with Gasteiger partial charge in [0.2, 0.25) is 5.91 Å². The van der Waals surface area contributed by atoms with Gasteiger partial charge in [-0.2, -0.15) is 4.37 Å². The summed E-state index contributed by atoms with van der Waals surface area (Å²) in [5.74, 6) is 0.501. The maximum absolute atomic E-state index is 11.4. The summed E-state index contributed by atoms with van der Waals surface area (Å²) in [5, 5.41) is 0. The molecule has 0 saturated carbocycles. The van der Waals surface area contributed by atoms with Crippen molar-refractivity contribution in [1.29, 1.82) is 0 Å². The van der Waals surface area contributed by atoms with Crippen LogP contribution in [0.2, 0.25) is 0 Å². The first-order valence-corrected chi connectivity index (χ1v) is 7.55. The van der Waals surface area contributed by atoms with Crippen molar-refractivity contribution in [3.63, 3.8) is 0 Å². The fraction of sp³-hybridized carbons (Fsp3) is 0.538. The maximum atomic E-state index is 11.4. The highest BCUT2D eigenvalue weighted by atomic mass is 32.1. The van der Waals surface area contributed by atoms with Crippen LogP contribution in [0.25, 0.3) is 5.57 Å². The molecule has 0 radical (unpaired) electrons. The van der Waals surface area contributed by atoms with Crippen molar-refractivity contribution >= 4 is 23.2 Å². The molecule has 0 aromatic carbocycles. The van der Waals surface area contributed by atoms with Gasteiger partial charge in [-0.3, -0.25) is 4.79 Å². The Kier molecular flexibility index (Phi) is 4.47. The molecule has 3 rings (SSSR count). The number of ether oxygens (including phenoxy) is 2. The van der Waals surface area contributed by atoms with Crippen LogP contribution in [0, 0.1) is 6.73 Å². The Balaban J connectivity index is 1.58. The van der Waals surface area contributed by atoms with Gasteiger partial charge in [-0.1, -0.05) is 6.08 Å². The Labute approximate surface area is 127 Å². The molecule has 0 unspecified atom stereocenters. The van der Waals surface area contributed by atoms with Crippen LogP contribution in [0.3, 0.4) is 0 Å². The van der Waals surface area contributed by atoms with Crippen molar-refractivity contribution in [2.75, 3.05) is 39.9 Å². The van der Waals surface area contributed by atoms with E-state index in [9.17, 15) is 4.79 Å². The minimum Gasteiger partial charge on any atom is -0.525 e. The highest BCUT2D eigenvalue weighted by Crippen LogP contribution is 2.26. The summed E-state index contributed by atoms with van der Waals surface area (Å²) >= 11 is 1.15. The van der Waals surface area contributed by atoms with Crippen molar-refractivity contribution in [3.05, 3.63) is 18.5 Å². The number of rotatable bonds is 5. The van der Waals surface area contributed by atoms with Crippen LogP contribution in [0.5, 0.6) is 5.88 Å². The maximum Gasteiger partial charge on any atom is 0.253 e. The van der Waals surface area contributed by atoms with Gasteiger partial charge in [0, 0.05) is 19.6 Å². The summed E-state index contributed by atoms with van der Waals surface area (Å²) in [6, 6.07) is 0. The Bertz CT molecular complexity index is 545. The third-order valence-electron chi connectivity index (χ3n) is 3.40. The quantitative estimate of drug-likeness (QED) is 0.743. The van der Waals surface area contributed by atoms with Crippen LogP contribution in [0.4, 0.5) is 0 Å². The largest absolute Gasteiger partial charge is 0.525 e. The first kappa shape index (κ1) is 14.4. The monoisotopic (exact) mass is 309 g/mol. The van der Waals surface area contributed by atoms with E-state index in [1.165, 1.54) is 11.6 Å². The van der Waals surface area contributed by atoms with Gasteiger partial charge in [-0.15, -0.1) is 11.1 Å². The SMILES string of the molecule is CN1CCC=C(c2nsnc2OCCN2[CH-]OCC2=O)C1. The lowest BCUT2D eigenvalue weighted by atomic mass is 10.1. The van der Waals surface area contributed by atoms with E-state index in [2.05, 4.69) is 26.8 Å². The average molecular weight is 309 g/mol. The number of nitrogens with zero attached hydrogens (tertiary/aromatic N) is 4. The van der Waals surface area contributed by atoms with Crippen LogP contribution >= 0.6 is 11.7 Å². The summed E-state index contributed by atoms with van der Waals surface area (Å²) in [6.07, 6.45) is 3.20.